The van der Waals surface area contributed by atoms with Gasteiger partial charge in [-0.05, 0) is 46.0 Å². The van der Waals surface area contributed by atoms with E-state index in [0.717, 1.165) is 12.8 Å². The van der Waals surface area contributed by atoms with Crippen LogP contribution in [-0.4, -0.2) is 75.0 Å². The van der Waals surface area contributed by atoms with Crippen LogP contribution in [0, 0.1) is 11.6 Å². The molecule has 1 aliphatic rings. The molecule has 30 heavy (non-hydrogen) atoms. The molecule has 0 radical (unpaired) electrons. The molecule has 1 aromatic carbocycles. The van der Waals surface area contributed by atoms with Crippen molar-refractivity contribution in [3.05, 3.63) is 35.4 Å². The summed E-state index contributed by atoms with van der Waals surface area (Å²) in [6.45, 7) is 3.74. The van der Waals surface area contributed by atoms with Gasteiger partial charge in [-0.25, -0.2) is 17.6 Å². The van der Waals surface area contributed by atoms with Crippen LogP contribution in [-0.2, 0) is 0 Å². The summed E-state index contributed by atoms with van der Waals surface area (Å²) < 4.78 is 53.5. The highest BCUT2D eigenvalue weighted by Gasteiger charge is 2.24. The van der Waals surface area contributed by atoms with Gasteiger partial charge in [0.15, 0.2) is 5.96 Å². The zero-order chi connectivity index (χ0) is 21.4. The van der Waals surface area contributed by atoms with Crippen molar-refractivity contribution in [1.82, 2.24) is 20.4 Å². The highest BCUT2D eigenvalue weighted by atomic mass is 127. The third-order valence-corrected chi connectivity index (χ3v) is 5.05. The van der Waals surface area contributed by atoms with Gasteiger partial charge in [-0.3, -0.25) is 9.89 Å². The number of hydrogen-bond donors (Lipinski definition) is 2. The molecule has 172 valence electrons. The van der Waals surface area contributed by atoms with Crippen molar-refractivity contribution in [1.29, 1.82) is 0 Å². The number of aliphatic imine (C=N–C) groups is 1. The Morgan fingerprint density at radius 2 is 1.80 bits per heavy atom. The summed E-state index contributed by atoms with van der Waals surface area (Å²) in [6, 6.07) is 3.39. The van der Waals surface area contributed by atoms with Crippen molar-refractivity contribution in [2.75, 3.05) is 46.8 Å². The first-order chi connectivity index (χ1) is 13.8. The second-order valence-electron chi connectivity index (χ2n) is 7.44. The predicted molar refractivity (Wildman–Crippen MR) is 123 cm³/mol. The Hall–Kier alpha value is -1.14. The second kappa shape index (κ2) is 13.3. The first-order valence-electron chi connectivity index (χ1n) is 9.97. The van der Waals surface area contributed by atoms with Gasteiger partial charge in [0.2, 0.25) is 0 Å². The lowest BCUT2D eigenvalue weighted by molar-refractivity contribution is 0.0744. The molecular weight excluding hydrogens is 513 g/mol. The number of piperidine rings is 1. The van der Waals surface area contributed by atoms with E-state index < -0.39 is 24.1 Å². The Labute approximate surface area is 193 Å². The number of nitrogens with zero attached hydrogens (tertiary/aromatic N) is 3. The summed E-state index contributed by atoms with van der Waals surface area (Å²) in [5.74, 6) is -0.630. The van der Waals surface area contributed by atoms with Crippen LogP contribution >= 0.6 is 24.0 Å². The van der Waals surface area contributed by atoms with Crippen LogP contribution in [0.25, 0.3) is 0 Å². The number of alkyl halides is 2. The summed E-state index contributed by atoms with van der Waals surface area (Å²) in [5, 5.41) is 6.47. The minimum Gasteiger partial charge on any atom is -0.357 e. The number of nitrogens with one attached hydrogen (secondary N) is 2. The summed E-state index contributed by atoms with van der Waals surface area (Å²) in [6.07, 6.45) is -0.855. The number of benzene rings is 1. The first kappa shape index (κ1) is 26.9. The van der Waals surface area contributed by atoms with Crippen LogP contribution < -0.4 is 10.6 Å². The van der Waals surface area contributed by atoms with E-state index in [1.807, 2.05) is 6.92 Å². The van der Waals surface area contributed by atoms with Gasteiger partial charge in [-0.1, -0.05) is 6.07 Å². The molecule has 0 bridgehead atoms. The fourth-order valence-corrected chi connectivity index (χ4v) is 3.49. The average molecular weight is 545 g/mol. The highest BCUT2D eigenvalue weighted by molar-refractivity contribution is 14.0. The van der Waals surface area contributed by atoms with Crippen LogP contribution in [0.5, 0.6) is 0 Å². The first-order valence-corrected chi connectivity index (χ1v) is 9.97. The average Bonchev–Trinajstić information content (AvgIpc) is 2.65. The monoisotopic (exact) mass is 545 g/mol. The Kier molecular flexibility index (Phi) is 11.9. The molecule has 2 rings (SSSR count). The molecule has 1 unspecified atom stereocenters. The molecule has 1 heterocycles. The van der Waals surface area contributed by atoms with Crippen LogP contribution in [0.4, 0.5) is 17.6 Å². The molecule has 0 amide bonds. The SMILES string of the molecule is CCNC(=NCC(c1c(F)cccc1F)N(C)C)NC1CCN(CC(F)F)CC1.I. The lowest BCUT2D eigenvalue weighted by Crippen LogP contribution is -2.49. The van der Waals surface area contributed by atoms with E-state index in [9.17, 15) is 17.6 Å². The summed E-state index contributed by atoms with van der Waals surface area (Å²) in [4.78, 5) is 8.03. The largest absolute Gasteiger partial charge is 0.357 e. The minimum absolute atomic E-state index is 0. The number of likely N-dealkylation sites (N-methyl/N-ethyl adjacent to an activating group) is 1. The van der Waals surface area contributed by atoms with Gasteiger partial charge in [-0.2, -0.15) is 0 Å². The van der Waals surface area contributed by atoms with Crippen LogP contribution in [0.2, 0.25) is 0 Å². The lowest BCUT2D eigenvalue weighted by atomic mass is 10.0. The third-order valence-electron chi connectivity index (χ3n) is 5.05. The molecule has 2 N–H and O–H groups in total. The Balaban J connectivity index is 0.00000450. The molecule has 0 aliphatic carbocycles. The molecule has 10 heteroatoms. The third kappa shape index (κ3) is 8.18. The maximum absolute atomic E-state index is 14.2. The van der Waals surface area contributed by atoms with Crippen molar-refractivity contribution < 1.29 is 17.6 Å². The summed E-state index contributed by atoms with van der Waals surface area (Å²) in [7, 11) is 3.51. The van der Waals surface area contributed by atoms with Gasteiger partial charge >= 0.3 is 0 Å². The van der Waals surface area contributed by atoms with Crippen LogP contribution in [0.3, 0.4) is 0 Å². The van der Waals surface area contributed by atoms with E-state index in [2.05, 4.69) is 15.6 Å². The van der Waals surface area contributed by atoms with Crippen LogP contribution in [0.1, 0.15) is 31.4 Å². The molecule has 0 saturated carbocycles. The van der Waals surface area contributed by atoms with E-state index in [1.54, 1.807) is 23.9 Å². The predicted octanol–water partition coefficient (Wildman–Crippen LogP) is 3.47. The van der Waals surface area contributed by atoms with Crippen LogP contribution in [0.15, 0.2) is 23.2 Å². The molecule has 0 aromatic heterocycles. The Bertz CT molecular complexity index is 646. The standard InChI is InChI=1S/C20H31F4N5.HI/c1-4-25-20(27-14-8-10-29(11-9-14)13-18(23)24)26-12-17(28(2)3)19-15(21)6-5-7-16(19)22;/h5-7,14,17-18H,4,8-13H2,1-3H3,(H2,25,26,27);1H. The molecule has 5 nitrogen and oxygen atoms in total. The molecule has 1 aromatic rings. The molecule has 1 aliphatic heterocycles. The number of hydrogen-bond acceptors (Lipinski definition) is 3. The maximum atomic E-state index is 14.2. The molecule has 1 saturated heterocycles. The topological polar surface area (TPSA) is 42.9 Å². The second-order valence-corrected chi connectivity index (χ2v) is 7.44. The van der Waals surface area contributed by atoms with E-state index in [4.69, 9.17) is 0 Å². The van der Waals surface area contributed by atoms with E-state index in [-0.39, 0.29) is 48.7 Å². The van der Waals surface area contributed by atoms with Crippen molar-refractivity contribution in [3.63, 3.8) is 0 Å². The summed E-state index contributed by atoms with van der Waals surface area (Å²) in [5.41, 5.74) is -0.00240. The minimum atomic E-state index is -2.32. The lowest BCUT2D eigenvalue weighted by Gasteiger charge is -2.33. The van der Waals surface area contributed by atoms with Crippen molar-refractivity contribution in [2.24, 2.45) is 4.99 Å². The fourth-order valence-electron chi connectivity index (χ4n) is 3.49. The number of likely N-dealkylation sites (tertiary alicyclic amines) is 1. The van der Waals surface area contributed by atoms with E-state index in [1.165, 1.54) is 18.2 Å². The van der Waals surface area contributed by atoms with Crippen molar-refractivity contribution >= 4 is 29.9 Å². The number of guanidine groups is 1. The Morgan fingerprint density at radius 1 is 1.20 bits per heavy atom. The fraction of sp³-hybridized carbons (Fsp3) is 0.650. The zero-order valence-corrected chi connectivity index (χ0v) is 20.0. The quantitative estimate of drug-likeness (QED) is 0.227. The normalized spacial score (nSPS) is 17.2. The number of halogens is 5. The van der Waals surface area contributed by atoms with Gasteiger partial charge in [0.25, 0.3) is 6.43 Å². The summed E-state index contributed by atoms with van der Waals surface area (Å²) >= 11 is 0. The van der Waals surface area contributed by atoms with E-state index in [0.29, 0.717) is 25.6 Å². The maximum Gasteiger partial charge on any atom is 0.251 e. The molecular formula is C20H32F4IN5. The molecule has 1 atom stereocenters. The number of rotatable bonds is 8. The molecule has 1 fully saturated rings. The van der Waals surface area contributed by atoms with Crippen molar-refractivity contribution in [2.45, 2.75) is 38.3 Å². The van der Waals surface area contributed by atoms with Gasteiger partial charge in [-0.15, -0.1) is 24.0 Å². The molecule has 0 spiro atoms. The van der Waals surface area contributed by atoms with Gasteiger partial charge in [0.1, 0.15) is 11.6 Å². The van der Waals surface area contributed by atoms with Gasteiger partial charge in [0.05, 0.1) is 19.1 Å². The smallest absolute Gasteiger partial charge is 0.251 e. The van der Waals surface area contributed by atoms with E-state index >= 15 is 0 Å². The van der Waals surface area contributed by atoms with Gasteiger partial charge < -0.3 is 15.5 Å². The zero-order valence-electron chi connectivity index (χ0n) is 17.7. The Morgan fingerprint density at radius 3 is 2.30 bits per heavy atom. The van der Waals surface area contributed by atoms with Crippen molar-refractivity contribution in [3.8, 4) is 0 Å². The van der Waals surface area contributed by atoms with Gasteiger partial charge in [0, 0.05) is 31.2 Å². The highest BCUT2D eigenvalue weighted by Crippen LogP contribution is 2.24.